The van der Waals surface area contributed by atoms with Crippen molar-refractivity contribution in [1.82, 2.24) is 10.2 Å². The standard InChI is InChI=1S/C24H32N4O4/c1-16-14-28(15-17(2)32-16)23(29)19-8-6-18(7-9-19)13-26-24(25-3)27-20-10-11-21(30-4)22(12-20)31-5/h6-12,16-17H,13-15H2,1-5H3,(H2,25,26,27). The Morgan fingerprint density at radius 2 is 1.72 bits per heavy atom. The molecule has 0 aliphatic carbocycles. The van der Waals surface area contributed by atoms with Crippen molar-refractivity contribution in [2.75, 3.05) is 39.7 Å². The van der Waals surface area contributed by atoms with E-state index in [0.29, 0.717) is 42.7 Å². The van der Waals surface area contributed by atoms with Crippen LogP contribution in [-0.4, -0.2) is 63.3 Å². The van der Waals surface area contributed by atoms with Gasteiger partial charge >= 0.3 is 0 Å². The van der Waals surface area contributed by atoms with Gasteiger partial charge in [-0.15, -0.1) is 0 Å². The van der Waals surface area contributed by atoms with Crippen LogP contribution in [0.5, 0.6) is 11.5 Å². The van der Waals surface area contributed by atoms with E-state index in [-0.39, 0.29) is 18.1 Å². The molecule has 3 rings (SSSR count). The number of hydrogen-bond acceptors (Lipinski definition) is 5. The van der Waals surface area contributed by atoms with Gasteiger partial charge in [-0.05, 0) is 43.7 Å². The summed E-state index contributed by atoms with van der Waals surface area (Å²) in [7, 11) is 4.91. The number of ether oxygens (including phenoxy) is 3. The van der Waals surface area contributed by atoms with E-state index in [1.165, 1.54) is 0 Å². The van der Waals surface area contributed by atoms with E-state index in [1.807, 2.05) is 61.2 Å². The molecule has 0 spiro atoms. The number of carbonyl (C=O) groups excluding carboxylic acids is 1. The number of guanidine groups is 1. The SMILES string of the molecule is CN=C(NCc1ccc(C(=O)N2CC(C)OC(C)C2)cc1)Nc1ccc(OC)c(OC)c1. The molecular weight excluding hydrogens is 408 g/mol. The zero-order chi connectivity index (χ0) is 23.1. The number of aliphatic imine (C=N–C) groups is 1. The van der Waals surface area contributed by atoms with Crippen LogP contribution < -0.4 is 20.1 Å². The summed E-state index contributed by atoms with van der Waals surface area (Å²) in [6.07, 6.45) is 0.104. The quantitative estimate of drug-likeness (QED) is 0.530. The Hall–Kier alpha value is -3.26. The number of benzene rings is 2. The molecule has 1 amide bonds. The van der Waals surface area contributed by atoms with Gasteiger partial charge in [0.05, 0.1) is 26.4 Å². The molecule has 1 aliphatic rings. The summed E-state index contributed by atoms with van der Waals surface area (Å²) >= 11 is 0. The smallest absolute Gasteiger partial charge is 0.254 e. The lowest BCUT2D eigenvalue weighted by Crippen LogP contribution is -2.48. The number of hydrogen-bond donors (Lipinski definition) is 2. The van der Waals surface area contributed by atoms with Crippen LogP contribution in [0.15, 0.2) is 47.5 Å². The lowest BCUT2D eigenvalue weighted by atomic mass is 10.1. The van der Waals surface area contributed by atoms with Crippen LogP contribution in [0.2, 0.25) is 0 Å². The monoisotopic (exact) mass is 440 g/mol. The van der Waals surface area contributed by atoms with Crippen molar-refractivity contribution >= 4 is 17.6 Å². The summed E-state index contributed by atoms with van der Waals surface area (Å²) in [5, 5.41) is 6.52. The normalized spacial score (nSPS) is 18.8. The largest absolute Gasteiger partial charge is 0.493 e. The Kier molecular flexibility index (Phi) is 7.94. The Bertz CT molecular complexity index is 936. The highest BCUT2D eigenvalue weighted by Gasteiger charge is 2.26. The van der Waals surface area contributed by atoms with Gasteiger partial charge in [-0.1, -0.05) is 12.1 Å². The molecule has 2 aromatic rings. The first-order valence-electron chi connectivity index (χ1n) is 10.7. The Labute approximate surface area is 189 Å². The van der Waals surface area contributed by atoms with Crippen molar-refractivity contribution in [2.24, 2.45) is 4.99 Å². The molecule has 1 saturated heterocycles. The van der Waals surface area contributed by atoms with Crippen LogP contribution in [0.3, 0.4) is 0 Å². The van der Waals surface area contributed by atoms with E-state index in [0.717, 1.165) is 11.3 Å². The molecule has 172 valence electrons. The maximum absolute atomic E-state index is 12.8. The van der Waals surface area contributed by atoms with Crippen molar-refractivity contribution < 1.29 is 19.0 Å². The highest BCUT2D eigenvalue weighted by Crippen LogP contribution is 2.29. The van der Waals surface area contributed by atoms with E-state index < -0.39 is 0 Å². The fraction of sp³-hybridized carbons (Fsp3) is 0.417. The second-order valence-corrected chi connectivity index (χ2v) is 7.78. The summed E-state index contributed by atoms with van der Waals surface area (Å²) in [4.78, 5) is 19.0. The molecular formula is C24H32N4O4. The number of carbonyl (C=O) groups is 1. The summed E-state index contributed by atoms with van der Waals surface area (Å²) < 4.78 is 16.3. The molecule has 1 heterocycles. The fourth-order valence-corrected chi connectivity index (χ4v) is 3.71. The van der Waals surface area contributed by atoms with Crippen LogP contribution in [0, 0.1) is 0 Å². The van der Waals surface area contributed by atoms with Gasteiger partial charge in [-0.25, -0.2) is 0 Å². The first kappa shape index (κ1) is 23.4. The third kappa shape index (κ3) is 5.91. The Morgan fingerprint density at radius 3 is 2.31 bits per heavy atom. The van der Waals surface area contributed by atoms with Gasteiger partial charge < -0.3 is 29.7 Å². The molecule has 0 saturated carbocycles. The number of rotatable bonds is 6. The van der Waals surface area contributed by atoms with Crippen molar-refractivity contribution in [2.45, 2.75) is 32.6 Å². The molecule has 2 N–H and O–H groups in total. The van der Waals surface area contributed by atoms with Crippen LogP contribution in [0.1, 0.15) is 29.8 Å². The lowest BCUT2D eigenvalue weighted by molar-refractivity contribution is -0.0586. The minimum atomic E-state index is 0.0393. The van der Waals surface area contributed by atoms with Crippen LogP contribution >= 0.6 is 0 Å². The highest BCUT2D eigenvalue weighted by molar-refractivity contribution is 5.95. The lowest BCUT2D eigenvalue weighted by Gasteiger charge is -2.35. The second-order valence-electron chi connectivity index (χ2n) is 7.78. The molecule has 1 aliphatic heterocycles. The van der Waals surface area contributed by atoms with Gasteiger partial charge in [-0.3, -0.25) is 9.79 Å². The molecule has 32 heavy (non-hydrogen) atoms. The number of methoxy groups -OCH3 is 2. The van der Waals surface area contributed by atoms with Gasteiger partial charge in [0.1, 0.15) is 0 Å². The van der Waals surface area contributed by atoms with E-state index in [1.54, 1.807) is 21.3 Å². The summed E-state index contributed by atoms with van der Waals surface area (Å²) in [6.45, 7) is 5.78. The first-order chi connectivity index (χ1) is 15.4. The zero-order valence-electron chi connectivity index (χ0n) is 19.3. The zero-order valence-corrected chi connectivity index (χ0v) is 19.3. The maximum atomic E-state index is 12.8. The molecule has 1 fully saturated rings. The topological polar surface area (TPSA) is 84.4 Å². The molecule has 2 unspecified atom stereocenters. The van der Waals surface area contributed by atoms with E-state index in [2.05, 4.69) is 15.6 Å². The predicted octanol–water partition coefficient (Wildman–Crippen LogP) is 3.14. The molecule has 8 nitrogen and oxygen atoms in total. The second kappa shape index (κ2) is 10.9. The minimum Gasteiger partial charge on any atom is -0.493 e. The third-order valence-corrected chi connectivity index (χ3v) is 5.24. The van der Waals surface area contributed by atoms with Gasteiger partial charge in [0.25, 0.3) is 5.91 Å². The predicted molar refractivity (Wildman–Crippen MR) is 126 cm³/mol. The van der Waals surface area contributed by atoms with Gasteiger partial charge in [0.2, 0.25) is 0 Å². The van der Waals surface area contributed by atoms with Crippen molar-refractivity contribution in [3.63, 3.8) is 0 Å². The molecule has 0 bridgehead atoms. The Balaban J connectivity index is 1.57. The maximum Gasteiger partial charge on any atom is 0.254 e. The average Bonchev–Trinajstić information content (AvgIpc) is 2.80. The number of amides is 1. The van der Waals surface area contributed by atoms with Gasteiger partial charge in [0.15, 0.2) is 17.5 Å². The van der Waals surface area contributed by atoms with E-state index >= 15 is 0 Å². The summed E-state index contributed by atoms with van der Waals surface area (Å²) in [5.74, 6) is 1.96. The van der Waals surface area contributed by atoms with Crippen molar-refractivity contribution in [3.05, 3.63) is 53.6 Å². The average molecular weight is 441 g/mol. The molecule has 0 radical (unpaired) electrons. The fourth-order valence-electron chi connectivity index (χ4n) is 3.71. The number of nitrogens with zero attached hydrogens (tertiary/aromatic N) is 2. The van der Waals surface area contributed by atoms with Gasteiger partial charge in [-0.2, -0.15) is 0 Å². The first-order valence-corrected chi connectivity index (χ1v) is 10.7. The van der Waals surface area contributed by atoms with Gasteiger partial charge in [0, 0.05) is 44.0 Å². The number of nitrogens with one attached hydrogen (secondary N) is 2. The van der Waals surface area contributed by atoms with Crippen molar-refractivity contribution in [3.8, 4) is 11.5 Å². The molecule has 0 aromatic heterocycles. The van der Waals surface area contributed by atoms with Crippen LogP contribution in [0.4, 0.5) is 5.69 Å². The molecule has 2 atom stereocenters. The minimum absolute atomic E-state index is 0.0393. The Morgan fingerprint density at radius 1 is 1.06 bits per heavy atom. The van der Waals surface area contributed by atoms with Crippen molar-refractivity contribution in [1.29, 1.82) is 0 Å². The van der Waals surface area contributed by atoms with Crippen LogP contribution in [0.25, 0.3) is 0 Å². The van der Waals surface area contributed by atoms with E-state index in [4.69, 9.17) is 14.2 Å². The summed E-state index contributed by atoms with van der Waals surface area (Å²) in [6, 6.07) is 13.2. The molecule has 2 aromatic carbocycles. The van der Waals surface area contributed by atoms with Crippen LogP contribution in [-0.2, 0) is 11.3 Å². The molecule has 8 heteroatoms. The third-order valence-electron chi connectivity index (χ3n) is 5.24. The number of anilines is 1. The highest BCUT2D eigenvalue weighted by atomic mass is 16.5. The van der Waals surface area contributed by atoms with E-state index in [9.17, 15) is 4.79 Å². The number of morpholine rings is 1. The summed E-state index contributed by atoms with van der Waals surface area (Å²) in [5.41, 5.74) is 2.55.